The van der Waals surface area contributed by atoms with Crippen molar-refractivity contribution in [1.29, 1.82) is 5.26 Å². The summed E-state index contributed by atoms with van der Waals surface area (Å²) >= 11 is 11.0. The highest BCUT2D eigenvalue weighted by molar-refractivity contribution is 9.11. The Morgan fingerprint density at radius 2 is 2.23 bits per heavy atom. The number of carbonyl (C=O) groups excluding carboxylic acids is 1. The zero-order valence-corrected chi connectivity index (χ0v) is 14.9. The van der Waals surface area contributed by atoms with E-state index in [1.165, 1.54) is 4.88 Å². The minimum atomic E-state index is -0.183. The van der Waals surface area contributed by atoms with Crippen LogP contribution in [0, 0.1) is 11.3 Å². The maximum atomic E-state index is 12.1. The summed E-state index contributed by atoms with van der Waals surface area (Å²) in [5.41, 5.74) is 0.829. The number of nitrogens with zero attached hydrogens (tertiary/aromatic N) is 2. The van der Waals surface area contributed by atoms with E-state index in [-0.39, 0.29) is 12.5 Å². The lowest BCUT2D eigenvalue weighted by Crippen LogP contribution is -2.29. The third kappa shape index (κ3) is 4.82. The zero-order chi connectivity index (χ0) is 16.1. The van der Waals surface area contributed by atoms with E-state index in [1.807, 2.05) is 30.1 Å². The van der Waals surface area contributed by atoms with Gasteiger partial charge >= 0.3 is 0 Å². The molecule has 1 aromatic carbocycles. The second kappa shape index (κ2) is 7.75. The molecular formula is C15H13BrClN3OS. The van der Waals surface area contributed by atoms with Gasteiger partial charge in [-0.15, -0.1) is 11.3 Å². The molecule has 0 unspecified atom stereocenters. The summed E-state index contributed by atoms with van der Waals surface area (Å²) < 4.78 is 1.07. The van der Waals surface area contributed by atoms with E-state index in [4.69, 9.17) is 16.9 Å². The number of benzene rings is 1. The quantitative estimate of drug-likeness (QED) is 0.824. The Morgan fingerprint density at radius 1 is 1.45 bits per heavy atom. The molecular weight excluding hydrogens is 386 g/mol. The van der Waals surface area contributed by atoms with Gasteiger partial charge in [-0.3, -0.25) is 9.69 Å². The fourth-order valence-corrected chi connectivity index (χ4v) is 3.65. The van der Waals surface area contributed by atoms with Crippen LogP contribution < -0.4 is 5.32 Å². The van der Waals surface area contributed by atoms with Crippen molar-refractivity contribution in [2.24, 2.45) is 0 Å². The number of nitriles is 1. The Kier molecular flexibility index (Phi) is 5.98. The monoisotopic (exact) mass is 397 g/mol. The van der Waals surface area contributed by atoms with Gasteiger partial charge in [0.15, 0.2) is 0 Å². The lowest BCUT2D eigenvalue weighted by molar-refractivity contribution is -0.117. The topological polar surface area (TPSA) is 56.1 Å². The minimum Gasteiger partial charge on any atom is -0.324 e. The standard InChI is InChI=1S/C15H13BrClN3OS/c1-20(8-12-4-5-14(16)22-12)9-15(21)19-13-6-11(17)3-2-10(13)7-18/h2-6H,8-9H2,1H3,(H,19,21). The second-order valence-corrected chi connectivity index (χ2v) is 7.71. The summed E-state index contributed by atoms with van der Waals surface area (Å²) in [7, 11) is 1.87. The fourth-order valence-electron chi connectivity index (χ4n) is 1.91. The molecule has 1 heterocycles. The Bertz CT molecular complexity index is 726. The van der Waals surface area contributed by atoms with Gasteiger partial charge in [0.2, 0.25) is 5.91 Å². The molecule has 114 valence electrons. The van der Waals surface area contributed by atoms with Crippen LogP contribution in [-0.4, -0.2) is 24.4 Å². The maximum absolute atomic E-state index is 12.1. The van der Waals surface area contributed by atoms with E-state index >= 15 is 0 Å². The van der Waals surface area contributed by atoms with Crippen LogP contribution in [0.1, 0.15) is 10.4 Å². The number of carbonyl (C=O) groups is 1. The first-order valence-electron chi connectivity index (χ1n) is 6.40. The van der Waals surface area contributed by atoms with Gasteiger partial charge in [-0.25, -0.2) is 0 Å². The Morgan fingerprint density at radius 3 is 2.86 bits per heavy atom. The number of hydrogen-bond acceptors (Lipinski definition) is 4. The number of amides is 1. The Balaban J connectivity index is 1.95. The van der Waals surface area contributed by atoms with Gasteiger partial charge in [-0.2, -0.15) is 5.26 Å². The molecule has 7 heteroatoms. The smallest absolute Gasteiger partial charge is 0.238 e. The van der Waals surface area contributed by atoms with Crippen molar-refractivity contribution in [1.82, 2.24) is 4.90 Å². The number of halogens is 2. The molecule has 0 saturated carbocycles. The molecule has 0 radical (unpaired) electrons. The largest absolute Gasteiger partial charge is 0.324 e. The van der Waals surface area contributed by atoms with Crippen molar-refractivity contribution in [3.05, 3.63) is 49.6 Å². The van der Waals surface area contributed by atoms with Crippen LogP contribution in [0.2, 0.25) is 5.02 Å². The number of nitrogens with one attached hydrogen (secondary N) is 1. The van der Waals surface area contributed by atoms with Gasteiger partial charge in [0.25, 0.3) is 0 Å². The predicted molar refractivity (Wildman–Crippen MR) is 93.1 cm³/mol. The summed E-state index contributed by atoms with van der Waals surface area (Å²) in [5, 5.41) is 12.3. The van der Waals surface area contributed by atoms with Crippen LogP contribution in [0.25, 0.3) is 0 Å². The lowest BCUT2D eigenvalue weighted by atomic mass is 10.2. The first kappa shape index (κ1) is 17.0. The zero-order valence-electron chi connectivity index (χ0n) is 11.8. The molecule has 4 nitrogen and oxygen atoms in total. The van der Waals surface area contributed by atoms with E-state index in [2.05, 4.69) is 21.2 Å². The van der Waals surface area contributed by atoms with Crippen LogP contribution in [0.3, 0.4) is 0 Å². The number of anilines is 1. The highest BCUT2D eigenvalue weighted by Crippen LogP contribution is 2.23. The molecule has 0 spiro atoms. The number of hydrogen-bond donors (Lipinski definition) is 1. The summed E-state index contributed by atoms with van der Waals surface area (Å²) in [4.78, 5) is 15.2. The van der Waals surface area contributed by atoms with Crippen molar-refractivity contribution in [2.45, 2.75) is 6.54 Å². The molecule has 0 fully saturated rings. The summed E-state index contributed by atoms with van der Waals surface area (Å²) in [6.45, 7) is 0.914. The van der Waals surface area contributed by atoms with Crippen molar-refractivity contribution >= 4 is 50.5 Å². The SMILES string of the molecule is CN(CC(=O)Nc1cc(Cl)ccc1C#N)Cc1ccc(Br)s1. The van der Waals surface area contributed by atoms with Crippen LogP contribution in [0.4, 0.5) is 5.69 Å². The van der Waals surface area contributed by atoms with E-state index < -0.39 is 0 Å². The molecule has 1 aromatic heterocycles. The van der Waals surface area contributed by atoms with Crippen molar-refractivity contribution in [3.8, 4) is 6.07 Å². The molecule has 0 saturated heterocycles. The number of thiophene rings is 1. The van der Waals surface area contributed by atoms with Crippen LogP contribution in [0.5, 0.6) is 0 Å². The molecule has 0 aliphatic rings. The second-order valence-electron chi connectivity index (χ2n) is 4.73. The van der Waals surface area contributed by atoms with Gasteiger partial charge < -0.3 is 5.32 Å². The summed E-state index contributed by atoms with van der Waals surface area (Å²) in [5.74, 6) is -0.183. The number of likely N-dealkylation sites (N-methyl/N-ethyl adjacent to an activating group) is 1. The third-order valence-corrected chi connectivity index (χ3v) is 4.69. The molecule has 0 atom stereocenters. The third-order valence-electron chi connectivity index (χ3n) is 2.84. The van der Waals surface area contributed by atoms with Gasteiger partial charge in [0.05, 0.1) is 21.6 Å². The fraction of sp³-hybridized carbons (Fsp3) is 0.200. The average molecular weight is 399 g/mol. The van der Waals surface area contributed by atoms with Crippen LogP contribution >= 0.6 is 38.9 Å². The predicted octanol–water partition coefficient (Wildman–Crippen LogP) is 4.11. The molecule has 0 bridgehead atoms. The van der Waals surface area contributed by atoms with Gasteiger partial charge in [-0.1, -0.05) is 11.6 Å². The van der Waals surface area contributed by atoms with Crippen LogP contribution in [-0.2, 0) is 11.3 Å². The first-order valence-corrected chi connectivity index (χ1v) is 8.39. The van der Waals surface area contributed by atoms with E-state index in [1.54, 1.807) is 29.5 Å². The number of rotatable bonds is 5. The first-order chi connectivity index (χ1) is 10.5. The van der Waals surface area contributed by atoms with Gasteiger partial charge in [0.1, 0.15) is 6.07 Å². The molecule has 1 amide bonds. The molecule has 22 heavy (non-hydrogen) atoms. The molecule has 0 aliphatic carbocycles. The van der Waals surface area contributed by atoms with Crippen molar-refractivity contribution in [2.75, 3.05) is 18.9 Å². The minimum absolute atomic E-state index is 0.183. The Labute approximate surface area is 146 Å². The Hall–Kier alpha value is -1.39. The normalized spacial score (nSPS) is 10.5. The molecule has 1 N–H and O–H groups in total. The van der Waals surface area contributed by atoms with Gasteiger partial charge in [0, 0.05) is 16.4 Å². The van der Waals surface area contributed by atoms with E-state index in [9.17, 15) is 4.79 Å². The lowest BCUT2D eigenvalue weighted by Gasteiger charge is -2.15. The summed E-state index contributed by atoms with van der Waals surface area (Å²) in [6.07, 6.45) is 0. The maximum Gasteiger partial charge on any atom is 0.238 e. The highest BCUT2D eigenvalue weighted by Gasteiger charge is 2.11. The van der Waals surface area contributed by atoms with Crippen molar-refractivity contribution < 1.29 is 4.79 Å². The highest BCUT2D eigenvalue weighted by atomic mass is 79.9. The van der Waals surface area contributed by atoms with Crippen LogP contribution in [0.15, 0.2) is 34.1 Å². The van der Waals surface area contributed by atoms with E-state index in [0.29, 0.717) is 22.8 Å². The average Bonchev–Trinajstić information content (AvgIpc) is 2.83. The van der Waals surface area contributed by atoms with E-state index in [0.717, 1.165) is 3.79 Å². The molecule has 2 rings (SSSR count). The molecule has 2 aromatic rings. The summed E-state index contributed by atoms with van der Waals surface area (Å²) in [6, 6.07) is 10.8. The van der Waals surface area contributed by atoms with Crippen molar-refractivity contribution in [3.63, 3.8) is 0 Å². The molecule has 0 aliphatic heterocycles. The van der Waals surface area contributed by atoms with Gasteiger partial charge in [-0.05, 0) is 53.3 Å².